The normalized spacial score (nSPS) is 14.6. The van der Waals surface area contributed by atoms with Gasteiger partial charge in [-0.05, 0) is 55.8 Å². The molecule has 4 rings (SSSR count). The molecule has 1 amide bonds. The molecule has 0 bridgehead atoms. The maximum atomic E-state index is 12.4. The summed E-state index contributed by atoms with van der Waals surface area (Å²) in [6.07, 6.45) is 3.73. The number of nitrogens with one attached hydrogen (secondary N) is 2. The zero-order chi connectivity index (χ0) is 19.2. The zero-order valence-electron chi connectivity index (χ0n) is 15.5. The van der Waals surface area contributed by atoms with E-state index in [1.54, 1.807) is 6.20 Å². The van der Waals surface area contributed by atoms with Crippen LogP contribution in [0.5, 0.6) is 11.5 Å². The van der Waals surface area contributed by atoms with E-state index in [4.69, 9.17) is 4.74 Å². The van der Waals surface area contributed by atoms with Gasteiger partial charge in [-0.2, -0.15) is 0 Å². The molecule has 0 atom stereocenters. The Balaban J connectivity index is 1.34. The van der Waals surface area contributed by atoms with E-state index in [-0.39, 0.29) is 5.91 Å². The average Bonchev–Trinajstić information content (AvgIpc) is 3.24. The number of benzene rings is 2. The number of carbonyl (C=O) groups excluding carboxylic acids is 1. The smallest absolute Gasteiger partial charge is 0.273 e. The highest BCUT2D eigenvalue weighted by Gasteiger charge is 2.18. The molecule has 1 aliphatic heterocycles. The van der Waals surface area contributed by atoms with E-state index >= 15 is 0 Å². The second kappa shape index (κ2) is 8.67. The minimum atomic E-state index is -0.227. The quantitative estimate of drug-likeness (QED) is 0.690. The van der Waals surface area contributed by atoms with E-state index in [2.05, 4.69) is 20.9 Å². The maximum Gasteiger partial charge on any atom is 0.273 e. The Kier molecular flexibility index (Phi) is 5.63. The highest BCUT2D eigenvalue weighted by atomic mass is 16.5. The van der Waals surface area contributed by atoms with Gasteiger partial charge in [0, 0.05) is 6.54 Å². The standard InChI is InChI=1S/C21H23N5O2/c27-21(20-15-26(25-24-20)17-9-11-22-12-10-17)23-14-16-5-4-8-19(13-16)28-18-6-2-1-3-7-18/h1-8,13,15,17,22H,9-12,14H2,(H,23,27). The number of rotatable bonds is 6. The lowest BCUT2D eigenvalue weighted by Gasteiger charge is -2.22. The van der Waals surface area contributed by atoms with Crippen molar-refractivity contribution in [2.24, 2.45) is 0 Å². The number of nitrogens with zero attached hydrogens (tertiary/aromatic N) is 3. The number of ether oxygens (including phenoxy) is 1. The minimum absolute atomic E-state index is 0.227. The number of hydrogen-bond acceptors (Lipinski definition) is 5. The van der Waals surface area contributed by atoms with Crippen LogP contribution in [0.15, 0.2) is 60.8 Å². The fraction of sp³-hybridized carbons (Fsp3) is 0.286. The first-order valence-electron chi connectivity index (χ1n) is 9.50. The molecule has 0 aliphatic carbocycles. The van der Waals surface area contributed by atoms with Gasteiger partial charge in [0.25, 0.3) is 5.91 Å². The Bertz CT molecular complexity index is 919. The summed E-state index contributed by atoms with van der Waals surface area (Å²) in [5, 5.41) is 14.4. The average molecular weight is 377 g/mol. The van der Waals surface area contributed by atoms with Crippen LogP contribution in [0.2, 0.25) is 0 Å². The molecule has 0 saturated carbocycles. The molecule has 3 aromatic rings. The summed E-state index contributed by atoms with van der Waals surface area (Å²) in [7, 11) is 0. The SMILES string of the molecule is O=C(NCc1cccc(Oc2ccccc2)c1)c1cn(C2CCNCC2)nn1. The molecule has 0 spiro atoms. The van der Waals surface area contributed by atoms with Gasteiger partial charge in [-0.1, -0.05) is 35.5 Å². The third-order valence-electron chi connectivity index (χ3n) is 4.76. The molecule has 1 saturated heterocycles. The third-order valence-corrected chi connectivity index (χ3v) is 4.76. The van der Waals surface area contributed by atoms with Crippen molar-refractivity contribution >= 4 is 5.91 Å². The van der Waals surface area contributed by atoms with Gasteiger partial charge in [0.1, 0.15) is 11.5 Å². The molecule has 0 unspecified atom stereocenters. The number of carbonyl (C=O) groups is 1. The summed E-state index contributed by atoms with van der Waals surface area (Å²) >= 11 is 0. The van der Waals surface area contributed by atoms with Gasteiger partial charge in [-0.3, -0.25) is 4.79 Å². The van der Waals surface area contributed by atoms with Crippen molar-refractivity contribution in [3.05, 3.63) is 72.1 Å². The Morgan fingerprint density at radius 1 is 1.11 bits per heavy atom. The van der Waals surface area contributed by atoms with E-state index in [1.807, 2.05) is 59.3 Å². The molecule has 28 heavy (non-hydrogen) atoms. The first-order valence-corrected chi connectivity index (χ1v) is 9.50. The molecule has 2 aromatic carbocycles. The first kappa shape index (κ1) is 18.2. The molecule has 144 valence electrons. The fourth-order valence-electron chi connectivity index (χ4n) is 3.25. The fourth-order valence-corrected chi connectivity index (χ4v) is 3.25. The highest BCUT2D eigenvalue weighted by Crippen LogP contribution is 2.22. The van der Waals surface area contributed by atoms with Crippen molar-refractivity contribution in [1.82, 2.24) is 25.6 Å². The summed E-state index contributed by atoms with van der Waals surface area (Å²) in [4.78, 5) is 12.4. The summed E-state index contributed by atoms with van der Waals surface area (Å²) < 4.78 is 7.65. The predicted molar refractivity (Wildman–Crippen MR) is 105 cm³/mol. The van der Waals surface area contributed by atoms with Crippen LogP contribution in [0.4, 0.5) is 0 Å². The lowest BCUT2D eigenvalue weighted by molar-refractivity contribution is 0.0945. The van der Waals surface area contributed by atoms with Crippen molar-refractivity contribution in [3.8, 4) is 11.5 Å². The summed E-state index contributed by atoms with van der Waals surface area (Å²) in [6, 6.07) is 17.6. The van der Waals surface area contributed by atoms with E-state index in [9.17, 15) is 4.79 Å². The van der Waals surface area contributed by atoms with Crippen LogP contribution in [0.25, 0.3) is 0 Å². The largest absolute Gasteiger partial charge is 0.457 e. The van der Waals surface area contributed by atoms with Gasteiger partial charge in [0.15, 0.2) is 5.69 Å². The molecular formula is C21H23N5O2. The van der Waals surface area contributed by atoms with E-state index in [0.29, 0.717) is 18.3 Å². The minimum Gasteiger partial charge on any atom is -0.457 e. The van der Waals surface area contributed by atoms with Crippen molar-refractivity contribution in [2.45, 2.75) is 25.4 Å². The second-order valence-corrected chi connectivity index (χ2v) is 6.81. The van der Waals surface area contributed by atoms with E-state index in [0.717, 1.165) is 43.0 Å². The van der Waals surface area contributed by atoms with Crippen LogP contribution < -0.4 is 15.4 Å². The predicted octanol–water partition coefficient (Wildman–Crippen LogP) is 2.92. The lowest BCUT2D eigenvalue weighted by atomic mass is 10.1. The maximum absolute atomic E-state index is 12.4. The van der Waals surface area contributed by atoms with Gasteiger partial charge in [0.2, 0.25) is 0 Å². The van der Waals surface area contributed by atoms with Crippen molar-refractivity contribution < 1.29 is 9.53 Å². The molecule has 7 nitrogen and oxygen atoms in total. The topological polar surface area (TPSA) is 81.1 Å². The number of aromatic nitrogens is 3. The van der Waals surface area contributed by atoms with Crippen LogP contribution in [-0.4, -0.2) is 34.0 Å². The van der Waals surface area contributed by atoms with Crippen LogP contribution in [-0.2, 0) is 6.54 Å². The van der Waals surface area contributed by atoms with Crippen molar-refractivity contribution in [3.63, 3.8) is 0 Å². The first-order chi connectivity index (χ1) is 13.8. The van der Waals surface area contributed by atoms with Crippen LogP contribution in [0.3, 0.4) is 0 Å². The van der Waals surface area contributed by atoms with E-state index < -0.39 is 0 Å². The third kappa shape index (κ3) is 4.55. The molecular weight excluding hydrogens is 354 g/mol. The Hall–Kier alpha value is -3.19. The zero-order valence-corrected chi connectivity index (χ0v) is 15.5. The number of piperidine rings is 1. The molecule has 1 aromatic heterocycles. The van der Waals surface area contributed by atoms with Crippen LogP contribution >= 0.6 is 0 Å². The lowest BCUT2D eigenvalue weighted by Crippen LogP contribution is -2.29. The van der Waals surface area contributed by atoms with Crippen molar-refractivity contribution in [2.75, 3.05) is 13.1 Å². The second-order valence-electron chi connectivity index (χ2n) is 6.81. The molecule has 1 fully saturated rings. The monoisotopic (exact) mass is 377 g/mol. The highest BCUT2D eigenvalue weighted by molar-refractivity contribution is 5.91. The molecule has 2 heterocycles. The summed E-state index contributed by atoms with van der Waals surface area (Å²) in [5.41, 5.74) is 1.29. The molecule has 2 N–H and O–H groups in total. The van der Waals surface area contributed by atoms with Gasteiger partial charge in [-0.25, -0.2) is 4.68 Å². The Labute approximate surface area is 163 Å². The number of amides is 1. The van der Waals surface area contributed by atoms with Crippen LogP contribution in [0.1, 0.15) is 34.9 Å². The van der Waals surface area contributed by atoms with Gasteiger partial charge in [0.05, 0.1) is 12.2 Å². The van der Waals surface area contributed by atoms with Gasteiger partial charge in [-0.15, -0.1) is 5.10 Å². The summed E-state index contributed by atoms with van der Waals surface area (Å²) in [6.45, 7) is 2.33. The van der Waals surface area contributed by atoms with Gasteiger partial charge < -0.3 is 15.4 Å². The molecule has 0 radical (unpaired) electrons. The van der Waals surface area contributed by atoms with E-state index in [1.165, 1.54) is 0 Å². The van der Waals surface area contributed by atoms with Gasteiger partial charge >= 0.3 is 0 Å². The molecule has 7 heteroatoms. The van der Waals surface area contributed by atoms with Crippen molar-refractivity contribution in [1.29, 1.82) is 0 Å². The molecule has 1 aliphatic rings. The Morgan fingerprint density at radius 3 is 2.71 bits per heavy atom. The van der Waals surface area contributed by atoms with Crippen LogP contribution in [0, 0.1) is 0 Å². The number of hydrogen-bond donors (Lipinski definition) is 2. The summed E-state index contributed by atoms with van der Waals surface area (Å²) in [5.74, 6) is 1.28. The number of para-hydroxylation sites is 1. The Morgan fingerprint density at radius 2 is 1.89 bits per heavy atom.